The first-order valence-corrected chi connectivity index (χ1v) is 19.4. The molecular weight excluding hydrogens is 765 g/mol. The molecule has 2 aliphatic heterocycles. The maximum absolute atomic E-state index is 14.0. The number of aryl methyl sites for hydroxylation is 1. The molecule has 56 heavy (non-hydrogen) atoms. The molecule has 0 saturated carbocycles. The Bertz CT molecular complexity index is 2160. The van der Waals surface area contributed by atoms with Gasteiger partial charge in [-0.1, -0.05) is 17.3 Å². The highest BCUT2D eigenvalue weighted by Crippen LogP contribution is 2.41. The van der Waals surface area contributed by atoms with Crippen LogP contribution < -0.4 is 25.3 Å². The molecule has 18 nitrogen and oxygen atoms in total. The second kappa shape index (κ2) is 17.5. The van der Waals surface area contributed by atoms with Crippen molar-refractivity contribution in [3.8, 4) is 5.75 Å². The normalized spacial score (nSPS) is 16.9. The molecule has 296 valence electrons. The summed E-state index contributed by atoms with van der Waals surface area (Å²) < 4.78 is 24.5. The number of β-lactam (4-membered cyclic amide) rings is 1. The average Bonchev–Trinajstić information content (AvgIpc) is 3.81. The number of aromatic nitrogens is 5. The molecule has 2 atom stereocenters. The Hall–Kier alpha value is -5.60. The number of fused-ring (bicyclic) bond motifs is 2. The number of carbonyl (C=O) groups excluding carboxylic acids is 4. The quantitative estimate of drug-likeness (QED) is 0.0395. The molecular formula is C36H43N10O8S2+. The smallest absolute Gasteiger partial charge is 0.414 e. The van der Waals surface area contributed by atoms with Crippen molar-refractivity contribution in [2.24, 2.45) is 5.16 Å². The van der Waals surface area contributed by atoms with Crippen molar-refractivity contribution < 1.29 is 42.8 Å². The van der Waals surface area contributed by atoms with E-state index in [4.69, 9.17) is 19.0 Å². The average molecular weight is 808 g/mol. The number of esters is 1. The zero-order chi connectivity index (χ0) is 40.0. The van der Waals surface area contributed by atoms with Crippen LogP contribution in [-0.4, -0.2) is 104 Å². The first-order chi connectivity index (χ1) is 26.9. The summed E-state index contributed by atoms with van der Waals surface area (Å²) in [5.41, 5.74) is 2.10. The Morgan fingerprint density at radius 2 is 1.91 bits per heavy atom. The van der Waals surface area contributed by atoms with Crippen LogP contribution in [0.4, 0.5) is 9.93 Å². The van der Waals surface area contributed by atoms with Crippen molar-refractivity contribution in [2.45, 2.75) is 63.9 Å². The van der Waals surface area contributed by atoms with Crippen molar-refractivity contribution in [1.29, 1.82) is 0 Å². The Morgan fingerprint density at radius 3 is 2.62 bits per heavy atom. The number of carbonyl (C=O) groups is 4. The van der Waals surface area contributed by atoms with Crippen LogP contribution in [0.2, 0.25) is 0 Å². The first-order valence-electron chi connectivity index (χ1n) is 17.6. The van der Waals surface area contributed by atoms with Crippen molar-refractivity contribution in [1.82, 2.24) is 34.4 Å². The molecule has 1 aromatic carbocycles. The van der Waals surface area contributed by atoms with Crippen LogP contribution in [0.3, 0.4) is 0 Å². The van der Waals surface area contributed by atoms with Crippen molar-refractivity contribution in [3.63, 3.8) is 0 Å². The number of benzene rings is 1. The van der Waals surface area contributed by atoms with Gasteiger partial charge in [0.05, 0.1) is 13.3 Å². The molecule has 20 heteroatoms. The lowest BCUT2D eigenvalue weighted by atomic mass is 10.0. The van der Waals surface area contributed by atoms with Crippen LogP contribution in [0, 0.1) is 0 Å². The van der Waals surface area contributed by atoms with Gasteiger partial charge >= 0.3 is 17.7 Å². The van der Waals surface area contributed by atoms with E-state index in [0.29, 0.717) is 17.1 Å². The summed E-state index contributed by atoms with van der Waals surface area (Å²) in [6.07, 6.45) is 3.86. The highest BCUT2D eigenvalue weighted by atomic mass is 32.2. The van der Waals surface area contributed by atoms with Gasteiger partial charge in [0.15, 0.2) is 0 Å². The molecule has 3 amide bonds. The van der Waals surface area contributed by atoms with E-state index >= 15 is 0 Å². The Kier molecular flexibility index (Phi) is 12.5. The number of pyridine rings is 1. The highest BCUT2D eigenvalue weighted by molar-refractivity contribution is 8.00. The fourth-order valence-electron chi connectivity index (χ4n) is 6.00. The molecule has 1 fully saturated rings. The van der Waals surface area contributed by atoms with Gasteiger partial charge in [-0.05, 0) is 75.6 Å². The van der Waals surface area contributed by atoms with Crippen LogP contribution >= 0.6 is 23.3 Å². The van der Waals surface area contributed by atoms with Crippen molar-refractivity contribution in [2.75, 3.05) is 38.9 Å². The molecule has 1 saturated heterocycles. The predicted molar refractivity (Wildman–Crippen MR) is 207 cm³/mol. The van der Waals surface area contributed by atoms with Gasteiger partial charge in [-0.3, -0.25) is 19.8 Å². The van der Waals surface area contributed by atoms with Gasteiger partial charge in [-0.2, -0.15) is 9.36 Å². The van der Waals surface area contributed by atoms with Gasteiger partial charge in [0, 0.05) is 29.4 Å². The van der Waals surface area contributed by atoms with E-state index in [-0.39, 0.29) is 35.5 Å². The lowest BCUT2D eigenvalue weighted by Gasteiger charge is -2.49. The standard InChI is InChI=1S/C36H42N10O8S2/c1-36(2,3)54-35(50)41-34-40-28(43-56-34)25(42-52-6)30(47)39-26-31(48)46-27(33(49)53-18-21-10-12-23(51-5)13-11-21)22(19-55-32(26)46)17-44-15-7-9-24-29(44)38-20-45(24)16-8-14-37-4/h7,9-13,15,20,26,32,37H,8,14,16-19H2,1-6H3,(H-,39,40,41,43,47,50)/p+1/b42-25-. The second-order valence-corrected chi connectivity index (χ2v) is 15.5. The van der Waals surface area contributed by atoms with Crippen LogP contribution in [0.1, 0.15) is 38.6 Å². The van der Waals surface area contributed by atoms with Crippen LogP contribution in [0.25, 0.3) is 11.2 Å². The monoisotopic (exact) mass is 807 g/mol. The van der Waals surface area contributed by atoms with Crippen LogP contribution in [-0.2, 0) is 48.4 Å². The maximum atomic E-state index is 14.0. The summed E-state index contributed by atoms with van der Waals surface area (Å²) in [4.78, 5) is 68.9. The molecule has 0 bridgehead atoms. The number of nitrogens with zero attached hydrogens (tertiary/aromatic N) is 7. The van der Waals surface area contributed by atoms with Gasteiger partial charge in [-0.25, -0.2) is 14.2 Å². The molecule has 0 spiro atoms. The maximum Gasteiger partial charge on any atom is 0.414 e. The van der Waals surface area contributed by atoms with Crippen LogP contribution in [0.5, 0.6) is 5.75 Å². The number of ether oxygens (including phenoxy) is 3. The third-order valence-electron chi connectivity index (χ3n) is 8.54. The van der Waals surface area contributed by atoms with Gasteiger partial charge in [0.25, 0.3) is 11.8 Å². The highest BCUT2D eigenvalue weighted by Gasteiger charge is 2.55. The number of rotatable bonds is 15. The topological polar surface area (TPSA) is 204 Å². The van der Waals surface area contributed by atoms with E-state index in [1.54, 1.807) is 58.5 Å². The third-order valence-corrected chi connectivity index (χ3v) is 10.5. The fourth-order valence-corrected chi connectivity index (χ4v) is 7.89. The molecule has 3 N–H and O–H groups in total. The number of methoxy groups -OCH3 is 1. The third kappa shape index (κ3) is 9.09. The summed E-state index contributed by atoms with van der Waals surface area (Å²) in [6.45, 7) is 7.01. The Labute approximate surface area is 330 Å². The minimum atomic E-state index is -1.03. The SMILES string of the molecule is CNCCCn1cnc2c1ccc[n+]2CC1=C(C(=O)OCc2ccc(OC)cc2)N2C(=O)C(NC(=O)/C(=N\OC)c3nsc(NC(=O)OC(C)(C)C)n3)C2SC1. The molecule has 2 aliphatic rings. The number of amides is 3. The number of thioether (sulfide) groups is 1. The molecule has 5 heterocycles. The van der Waals surface area contributed by atoms with E-state index in [9.17, 15) is 19.2 Å². The molecule has 4 aromatic rings. The minimum absolute atomic E-state index is 0.0401. The van der Waals surface area contributed by atoms with Crippen LogP contribution in [0.15, 0.2) is 65.3 Å². The van der Waals surface area contributed by atoms with Gasteiger partial charge in [0.2, 0.25) is 23.0 Å². The second-order valence-electron chi connectivity index (χ2n) is 13.6. The van der Waals surface area contributed by atoms with Gasteiger partial charge in [-0.15, -0.1) is 11.8 Å². The van der Waals surface area contributed by atoms with E-state index in [1.165, 1.54) is 23.8 Å². The number of anilines is 1. The fraction of sp³-hybridized carbons (Fsp3) is 0.417. The van der Waals surface area contributed by atoms with E-state index in [2.05, 4.69) is 40.0 Å². The lowest BCUT2D eigenvalue weighted by Crippen LogP contribution is -2.71. The zero-order valence-corrected chi connectivity index (χ0v) is 33.4. The Balaban J connectivity index is 1.23. The number of nitrogens with one attached hydrogen (secondary N) is 3. The minimum Gasteiger partial charge on any atom is -0.497 e. The number of imidazole rings is 1. The van der Waals surface area contributed by atoms with E-state index < -0.39 is 40.9 Å². The number of hydrogen-bond acceptors (Lipinski definition) is 15. The van der Waals surface area contributed by atoms with E-state index in [1.807, 2.05) is 29.9 Å². The Morgan fingerprint density at radius 1 is 1.12 bits per heavy atom. The molecule has 6 rings (SSSR count). The summed E-state index contributed by atoms with van der Waals surface area (Å²) >= 11 is 2.20. The lowest BCUT2D eigenvalue weighted by molar-refractivity contribution is -0.664. The summed E-state index contributed by atoms with van der Waals surface area (Å²) in [7, 11) is 4.72. The van der Waals surface area contributed by atoms with Gasteiger partial charge < -0.3 is 34.2 Å². The van der Waals surface area contributed by atoms with E-state index in [0.717, 1.165) is 47.8 Å². The first kappa shape index (κ1) is 40.1. The molecule has 2 unspecified atom stereocenters. The molecule has 3 aromatic heterocycles. The predicted octanol–water partition coefficient (Wildman–Crippen LogP) is 2.59. The van der Waals surface area contributed by atoms with Crippen molar-refractivity contribution >= 4 is 69.2 Å². The summed E-state index contributed by atoms with van der Waals surface area (Å²) in [5.74, 6) is -1.11. The zero-order valence-electron chi connectivity index (χ0n) is 31.7. The van der Waals surface area contributed by atoms with Gasteiger partial charge in [0.1, 0.15) is 54.2 Å². The number of oxime groups is 1. The van der Waals surface area contributed by atoms with Crippen molar-refractivity contribution in [3.05, 3.63) is 71.6 Å². The molecule has 0 aliphatic carbocycles. The number of hydrogen-bond donors (Lipinski definition) is 3. The largest absolute Gasteiger partial charge is 0.497 e. The summed E-state index contributed by atoms with van der Waals surface area (Å²) in [6, 6.07) is 10.0. The molecule has 0 radical (unpaired) electrons. The summed E-state index contributed by atoms with van der Waals surface area (Å²) in [5, 5.41) is 11.6.